The first-order chi connectivity index (χ1) is 8.63. The van der Waals surface area contributed by atoms with E-state index in [0.29, 0.717) is 24.4 Å². The number of ether oxygens (including phenoxy) is 2. The minimum Gasteiger partial charge on any atom is -0.490 e. The Kier molecular flexibility index (Phi) is 5.94. The Labute approximate surface area is 107 Å². The molecule has 0 radical (unpaired) electrons. The van der Waals surface area contributed by atoms with Gasteiger partial charge in [0.05, 0.1) is 0 Å². The van der Waals surface area contributed by atoms with Gasteiger partial charge in [0.15, 0.2) is 0 Å². The van der Waals surface area contributed by atoms with E-state index in [1.165, 1.54) is 0 Å². The van der Waals surface area contributed by atoms with Gasteiger partial charge in [-0.15, -0.1) is 0 Å². The van der Waals surface area contributed by atoms with E-state index >= 15 is 0 Å². The van der Waals surface area contributed by atoms with Gasteiger partial charge in [-0.1, -0.05) is 18.7 Å². The van der Waals surface area contributed by atoms with Crippen molar-refractivity contribution in [2.45, 2.75) is 13.3 Å². The Morgan fingerprint density at radius 1 is 1.28 bits per heavy atom. The van der Waals surface area contributed by atoms with Gasteiger partial charge in [-0.25, -0.2) is 4.79 Å². The Hall–Kier alpha value is -1.81. The summed E-state index contributed by atoms with van der Waals surface area (Å²) in [4.78, 5) is 11.1. The highest BCUT2D eigenvalue weighted by molar-refractivity contribution is 5.86. The lowest BCUT2D eigenvalue weighted by Crippen LogP contribution is -2.12. The molecule has 1 aromatic carbocycles. The highest BCUT2D eigenvalue weighted by Crippen LogP contribution is 2.12. The fraction of sp³-hybridized carbons (Fsp3) is 0.357. The number of hydrogen-bond donors (Lipinski definition) is 1. The zero-order valence-electron chi connectivity index (χ0n) is 10.5. The van der Waals surface area contributed by atoms with Crippen molar-refractivity contribution in [3.05, 3.63) is 42.0 Å². The summed E-state index contributed by atoms with van der Waals surface area (Å²) in [6.45, 7) is 5.72. The lowest BCUT2D eigenvalue weighted by Gasteiger charge is -2.07. The average Bonchev–Trinajstić information content (AvgIpc) is 2.36. The van der Waals surface area contributed by atoms with E-state index in [2.05, 4.69) is 6.58 Å². The predicted molar refractivity (Wildman–Crippen MR) is 68.5 cm³/mol. The molecule has 0 heterocycles. The molecule has 0 unspecified atom stereocenters. The van der Waals surface area contributed by atoms with Crippen molar-refractivity contribution >= 4 is 5.97 Å². The van der Waals surface area contributed by atoms with Crippen molar-refractivity contribution in [3.63, 3.8) is 0 Å². The second-order valence-corrected chi connectivity index (χ2v) is 3.88. The summed E-state index contributed by atoms with van der Waals surface area (Å²) in [5.41, 5.74) is 1.43. The van der Waals surface area contributed by atoms with Gasteiger partial charge in [0.25, 0.3) is 0 Å². The maximum Gasteiger partial charge on any atom is 0.333 e. The van der Waals surface area contributed by atoms with Crippen LogP contribution in [0, 0.1) is 0 Å². The third-order valence-electron chi connectivity index (χ3n) is 2.26. The number of carbonyl (C=O) groups excluding carboxylic acids is 1. The van der Waals surface area contributed by atoms with Crippen molar-refractivity contribution in [1.29, 1.82) is 0 Å². The quantitative estimate of drug-likeness (QED) is 0.455. The third-order valence-corrected chi connectivity index (χ3v) is 2.26. The summed E-state index contributed by atoms with van der Waals surface area (Å²) in [5, 5.41) is 8.77. The zero-order chi connectivity index (χ0) is 13.4. The van der Waals surface area contributed by atoms with Crippen molar-refractivity contribution in [3.8, 4) is 5.75 Å². The molecular formula is C14H18O4. The van der Waals surface area contributed by atoms with Crippen molar-refractivity contribution in [2.24, 2.45) is 0 Å². The molecule has 0 fully saturated rings. The van der Waals surface area contributed by atoms with Gasteiger partial charge in [-0.3, -0.25) is 0 Å². The van der Waals surface area contributed by atoms with Crippen LogP contribution in [0.3, 0.4) is 0 Å². The number of esters is 1. The summed E-state index contributed by atoms with van der Waals surface area (Å²) < 4.78 is 10.3. The van der Waals surface area contributed by atoms with Crippen LogP contribution in [0.25, 0.3) is 0 Å². The van der Waals surface area contributed by atoms with E-state index < -0.39 is 5.97 Å². The Bertz CT molecular complexity index is 395. The molecule has 4 heteroatoms. The maximum atomic E-state index is 11.1. The van der Waals surface area contributed by atoms with E-state index in [0.717, 1.165) is 5.56 Å². The van der Waals surface area contributed by atoms with Crippen molar-refractivity contribution in [2.75, 3.05) is 19.8 Å². The molecule has 0 aliphatic heterocycles. The Balaban J connectivity index is 2.27. The molecule has 4 nitrogen and oxygen atoms in total. The van der Waals surface area contributed by atoms with Crippen LogP contribution in [0.2, 0.25) is 0 Å². The number of carbonyl (C=O) groups is 1. The van der Waals surface area contributed by atoms with Gasteiger partial charge in [0.1, 0.15) is 19.0 Å². The minimum atomic E-state index is -0.406. The number of aliphatic hydroxyl groups is 1. The SMILES string of the molecule is C=C(C)C(=O)OCCOc1ccc(CCO)cc1. The molecule has 0 aliphatic rings. The molecule has 98 valence electrons. The molecule has 0 bridgehead atoms. The summed E-state index contributed by atoms with van der Waals surface area (Å²) in [6.07, 6.45) is 0.635. The van der Waals surface area contributed by atoms with E-state index in [9.17, 15) is 4.79 Å². The molecule has 1 N–H and O–H groups in total. The van der Waals surface area contributed by atoms with Crippen molar-refractivity contribution < 1.29 is 19.4 Å². The second kappa shape index (κ2) is 7.50. The minimum absolute atomic E-state index is 0.136. The first-order valence-electron chi connectivity index (χ1n) is 5.78. The normalized spacial score (nSPS) is 9.89. The van der Waals surface area contributed by atoms with Crippen LogP contribution in [-0.2, 0) is 16.0 Å². The Morgan fingerprint density at radius 2 is 1.94 bits per heavy atom. The van der Waals surface area contributed by atoms with E-state index in [1.807, 2.05) is 24.3 Å². The number of hydrogen-bond acceptors (Lipinski definition) is 4. The second-order valence-electron chi connectivity index (χ2n) is 3.88. The Morgan fingerprint density at radius 3 is 2.50 bits per heavy atom. The first-order valence-corrected chi connectivity index (χ1v) is 5.78. The highest BCUT2D eigenvalue weighted by Gasteiger charge is 2.02. The van der Waals surface area contributed by atoms with Crippen LogP contribution >= 0.6 is 0 Å². The molecule has 1 aromatic rings. The monoisotopic (exact) mass is 250 g/mol. The van der Waals surface area contributed by atoms with Gasteiger partial charge in [-0.05, 0) is 31.0 Å². The van der Waals surface area contributed by atoms with E-state index in [-0.39, 0.29) is 13.2 Å². The van der Waals surface area contributed by atoms with Crippen LogP contribution < -0.4 is 4.74 Å². The van der Waals surface area contributed by atoms with Crippen molar-refractivity contribution in [1.82, 2.24) is 0 Å². The third kappa shape index (κ3) is 5.01. The van der Waals surface area contributed by atoms with E-state index in [1.54, 1.807) is 6.92 Å². The number of rotatable bonds is 7. The first kappa shape index (κ1) is 14.3. The lowest BCUT2D eigenvalue weighted by molar-refractivity contribution is -0.139. The fourth-order valence-electron chi connectivity index (χ4n) is 1.30. The topological polar surface area (TPSA) is 55.8 Å². The number of aliphatic hydroxyl groups excluding tert-OH is 1. The molecule has 0 amide bonds. The van der Waals surface area contributed by atoms with Gasteiger partial charge >= 0.3 is 5.97 Å². The van der Waals surface area contributed by atoms with Crippen LogP contribution in [-0.4, -0.2) is 30.9 Å². The van der Waals surface area contributed by atoms with Gasteiger partial charge in [0.2, 0.25) is 0 Å². The highest BCUT2D eigenvalue weighted by atomic mass is 16.6. The summed E-state index contributed by atoms with van der Waals surface area (Å²) in [5.74, 6) is 0.306. The van der Waals surface area contributed by atoms with Gasteiger partial charge in [0, 0.05) is 12.2 Å². The number of benzene rings is 1. The van der Waals surface area contributed by atoms with E-state index in [4.69, 9.17) is 14.6 Å². The summed E-state index contributed by atoms with van der Waals surface area (Å²) in [6, 6.07) is 7.44. The van der Waals surface area contributed by atoms with Crippen LogP contribution in [0.1, 0.15) is 12.5 Å². The molecule has 0 spiro atoms. The fourth-order valence-corrected chi connectivity index (χ4v) is 1.30. The molecule has 0 aliphatic carbocycles. The molecule has 0 atom stereocenters. The van der Waals surface area contributed by atoms with Crippen LogP contribution in [0.15, 0.2) is 36.4 Å². The van der Waals surface area contributed by atoms with Gasteiger partial charge in [-0.2, -0.15) is 0 Å². The summed E-state index contributed by atoms with van der Waals surface area (Å²) in [7, 11) is 0. The smallest absolute Gasteiger partial charge is 0.333 e. The molecule has 0 saturated heterocycles. The molecule has 0 aromatic heterocycles. The van der Waals surface area contributed by atoms with Crippen LogP contribution in [0.4, 0.5) is 0 Å². The molecular weight excluding hydrogens is 232 g/mol. The van der Waals surface area contributed by atoms with Gasteiger partial charge < -0.3 is 14.6 Å². The standard InChI is InChI=1S/C14H18O4/c1-11(2)14(16)18-10-9-17-13-5-3-12(4-6-13)7-8-15/h3-6,15H,1,7-10H2,2H3. The lowest BCUT2D eigenvalue weighted by atomic mass is 10.1. The zero-order valence-corrected chi connectivity index (χ0v) is 10.5. The summed E-state index contributed by atoms with van der Waals surface area (Å²) >= 11 is 0. The average molecular weight is 250 g/mol. The molecule has 18 heavy (non-hydrogen) atoms. The molecule has 1 rings (SSSR count). The van der Waals surface area contributed by atoms with Crippen LogP contribution in [0.5, 0.6) is 5.75 Å². The largest absolute Gasteiger partial charge is 0.490 e. The predicted octanol–water partition coefficient (Wildman–Crippen LogP) is 1.72. The molecule has 0 saturated carbocycles. The maximum absolute atomic E-state index is 11.1.